The maximum Gasteiger partial charge on any atom is 2.00 e. The molecule has 41 valence electrons. The second-order valence-corrected chi connectivity index (χ2v) is 0.289. The molecule has 4 N–H and O–H groups in total. The average molecular weight is 140 g/mol. The molecule has 0 aromatic carbocycles. The standard InChI is InChI=1S/BO3.Cu.H3N/c2-1(3)4;;/h;;1H3/q-3;+2;/p+1. The van der Waals surface area contributed by atoms with E-state index in [1.54, 1.807) is 0 Å². The van der Waals surface area contributed by atoms with Crippen LogP contribution in [0, 0.1) is 0 Å². The number of hydrogen-bond acceptors (Lipinski definition) is 3. The summed E-state index contributed by atoms with van der Waals surface area (Å²) >= 11 is 0. The molecule has 6 heavy (non-hydrogen) atoms. The molecule has 0 aliphatic carbocycles. The van der Waals surface area contributed by atoms with Gasteiger partial charge in [0.2, 0.25) is 0 Å². The van der Waals surface area contributed by atoms with Gasteiger partial charge in [0.1, 0.15) is 0 Å². The summed E-state index contributed by atoms with van der Waals surface area (Å²) in [7, 11) is -2.92. The van der Waals surface area contributed by atoms with Gasteiger partial charge in [-0.3, -0.25) is 7.32 Å². The molecule has 0 saturated carbocycles. The molecule has 4 nitrogen and oxygen atoms in total. The monoisotopic (exact) mass is 140 g/mol. The van der Waals surface area contributed by atoms with Crippen molar-refractivity contribution in [1.29, 1.82) is 0 Å². The third-order valence-corrected chi connectivity index (χ3v) is 0. The predicted molar refractivity (Wildman–Crippen MR) is 11.7 cm³/mol. The maximum atomic E-state index is 8.42. The van der Waals surface area contributed by atoms with Crippen molar-refractivity contribution in [1.82, 2.24) is 6.15 Å². The van der Waals surface area contributed by atoms with Crippen LogP contribution in [-0.2, 0) is 17.1 Å². The normalized spacial score (nSPS) is 4.50. The molecule has 0 rings (SSSR count). The molecule has 0 unspecified atom stereocenters. The Morgan fingerprint density at radius 3 is 1.00 bits per heavy atom. The molecular formula is H4BCuNO3. The van der Waals surface area contributed by atoms with E-state index in [9.17, 15) is 0 Å². The van der Waals surface area contributed by atoms with Gasteiger partial charge in [-0.15, -0.1) is 0 Å². The van der Waals surface area contributed by atoms with E-state index in [0.29, 0.717) is 0 Å². The zero-order valence-corrected chi connectivity index (χ0v) is 4.05. The van der Waals surface area contributed by atoms with Crippen LogP contribution in [0.1, 0.15) is 0 Å². The second kappa shape index (κ2) is 9.06. The van der Waals surface area contributed by atoms with Gasteiger partial charge in [-0.05, 0) is 0 Å². The first-order chi connectivity index (χ1) is 1.73. The summed E-state index contributed by atoms with van der Waals surface area (Å²) in [6.45, 7) is 0. The Labute approximate surface area is 46.4 Å². The summed E-state index contributed by atoms with van der Waals surface area (Å²) < 4.78 is 0. The molecule has 0 aromatic heterocycles. The number of rotatable bonds is 0. The molecule has 0 amide bonds. The molecule has 0 aliphatic heterocycles. The predicted octanol–water partition coefficient (Wildman–Crippen LogP) is -3.57. The average Bonchev–Trinajstić information content (AvgIpc) is 0.811. The number of quaternary nitrogens is 1. The second-order valence-electron chi connectivity index (χ2n) is 0.289. The summed E-state index contributed by atoms with van der Waals surface area (Å²) in [6.07, 6.45) is 0. The minimum atomic E-state index is -2.92. The molecule has 0 bridgehead atoms. The van der Waals surface area contributed by atoms with E-state index >= 15 is 0 Å². The van der Waals surface area contributed by atoms with Gasteiger partial charge in [-0.1, -0.05) is 0 Å². The Balaban J connectivity index is -0.0000000450. The summed E-state index contributed by atoms with van der Waals surface area (Å²) in [6, 6.07) is 0. The summed E-state index contributed by atoms with van der Waals surface area (Å²) in [5, 5.41) is 25.2. The first-order valence-corrected chi connectivity index (χ1v) is 0.707. The van der Waals surface area contributed by atoms with Crippen LogP contribution >= 0.6 is 0 Å². The third-order valence-electron chi connectivity index (χ3n) is 0. The SMILES string of the molecule is [Cu+2].[NH4+].[O-]B([O-])[O-]. The smallest absolute Gasteiger partial charge is 0.907 e. The molecule has 0 spiro atoms. The van der Waals surface area contributed by atoms with Crippen LogP contribution in [-0.4, -0.2) is 7.32 Å². The van der Waals surface area contributed by atoms with Crippen molar-refractivity contribution in [2.75, 3.05) is 0 Å². The van der Waals surface area contributed by atoms with E-state index in [1.165, 1.54) is 0 Å². The van der Waals surface area contributed by atoms with Crippen LogP contribution in [0.5, 0.6) is 0 Å². The largest absolute Gasteiger partial charge is 2.00 e. The Kier molecular flexibility index (Phi) is 24.3. The van der Waals surface area contributed by atoms with Crippen LogP contribution in [0.4, 0.5) is 0 Å². The molecule has 0 heterocycles. The van der Waals surface area contributed by atoms with Crippen LogP contribution < -0.4 is 21.2 Å². The van der Waals surface area contributed by atoms with Crippen molar-refractivity contribution in [3.05, 3.63) is 0 Å². The zero-order chi connectivity index (χ0) is 3.58. The van der Waals surface area contributed by atoms with Crippen LogP contribution in [0.2, 0.25) is 0 Å². The molecule has 0 saturated heterocycles. The topological polar surface area (TPSA) is 106 Å². The van der Waals surface area contributed by atoms with E-state index in [1.807, 2.05) is 0 Å². The van der Waals surface area contributed by atoms with Crippen molar-refractivity contribution in [2.45, 2.75) is 0 Å². The molecular weight excluding hydrogens is 136 g/mol. The molecule has 6 heteroatoms. The summed E-state index contributed by atoms with van der Waals surface area (Å²) in [5.41, 5.74) is 0. The summed E-state index contributed by atoms with van der Waals surface area (Å²) in [5.74, 6) is 0. The van der Waals surface area contributed by atoms with Crippen LogP contribution in [0.15, 0.2) is 0 Å². The van der Waals surface area contributed by atoms with E-state index < -0.39 is 7.32 Å². The summed E-state index contributed by atoms with van der Waals surface area (Å²) in [4.78, 5) is 0. The molecule has 0 atom stereocenters. The quantitative estimate of drug-likeness (QED) is 0.352. The van der Waals surface area contributed by atoms with Gasteiger partial charge >= 0.3 is 17.1 Å². The fourth-order valence-electron chi connectivity index (χ4n) is 0. The molecule has 0 aliphatic rings. The Hall–Kier alpha value is 0.424. The van der Waals surface area contributed by atoms with Crippen molar-refractivity contribution < 1.29 is 32.1 Å². The maximum absolute atomic E-state index is 8.42. The Bertz CT molecular complexity index is 15.5. The fourth-order valence-corrected chi connectivity index (χ4v) is 0. The minimum Gasteiger partial charge on any atom is -0.907 e. The Morgan fingerprint density at radius 1 is 1.00 bits per heavy atom. The molecule has 1 radical (unpaired) electrons. The minimum absolute atomic E-state index is 0. The fraction of sp³-hybridized carbons (Fsp3) is 0. The van der Waals surface area contributed by atoms with Gasteiger partial charge in [-0.25, -0.2) is 0 Å². The van der Waals surface area contributed by atoms with Gasteiger partial charge < -0.3 is 21.2 Å². The molecule has 0 aromatic rings. The van der Waals surface area contributed by atoms with E-state index in [4.69, 9.17) is 15.1 Å². The van der Waals surface area contributed by atoms with Crippen molar-refractivity contribution >= 4 is 7.32 Å². The van der Waals surface area contributed by atoms with Crippen LogP contribution in [0.25, 0.3) is 0 Å². The third kappa shape index (κ3) is 288. The van der Waals surface area contributed by atoms with E-state index in [0.717, 1.165) is 0 Å². The first kappa shape index (κ1) is 16.1. The molecule has 0 fully saturated rings. The first-order valence-electron chi connectivity index (χ1n) is 0.707. The Morgan fingerprint density at radius 2 is 1.00 bits per heavy atom. The van der Waals surface area contributed by atoms with Crippen molar-refractivity contribution in [3.63, 3.8) is 0 Å². The van der Waals surface area contributed by atoms with Gasteiger partial charge in [0.25, 0.3) is 0 Å². The van der Waals surface area contributed by atoms with Gasteiger partial charge in [0.05, 0.1) is 0 Å². The van der Waals surface area contributed by atoms with E-state index in [-0.39, 0.29) is 23.2 Å². The van der Waals surface area contributed by atoms with Gasteiger partial charge in [0, 0.05) is 0 Å². The van der Waals surface area contributed by atoms with Crippen LogP contribution in [0.3, 0.4) is 0 Å². The zero-order valence-electron chi connectivity index (χ0n) is 3.10. The van der Waals surface area contributed by atoms with Gasteiger partial charge in [0.15, 0.2) is 0 Å². The van der Waals surface area contributed by atoms with Crippen molar-refractivity contribution in [2.24, 2.45) is 0 Å². The van der Waals surface area contributed by atoms with E-state index in [2.05, 4.69) is 0 Å². The van der Waals surface area contributed by atoms with Gasteiger partial charge in [-0.2, -0.15) is 0 Å². The van der Waals surface area contributed by atoms with Crippen molar-refractivity contribution in [3.8, 4) is 0 Å². The number of hydrogen-bond donors (Lipinski definition) is 1.